The van der Waals surface area contributed by atoms with E-state index in [-0.39, 0.29) is 5.91 Å². The second-order valence-corrected chi connectivity index (χ2v) is 7.66. The number of allylic oxidation sites excluding steroid dienone is 2. The Morgan fingerprint density at radius 2 is 2.00 bits per heavy atom. The number of amides is 1. The van der Waals surface area contributed by atoms with E-state index in [0.29, 0.717) is 15.8 Å². The van der Waals surface area contributed by atoms with Crippen LogP contribution in [0.1, 0.15) is 6.92 Å². The van der Waals surface area contributed by atoms with E-state index in [1.165, 1.54) is 22.3 Å². The number of anilines is 1. The molecule has 1 amide bonds. The second kappa shape index (κ2) is 6.95. The van der Waals surface area contributed by atoms with Gasteiger partial charge in [-0.2, -0.15) is 0 Å². The normalized spacial score (nSPS) is 20.7. The lowest BCUT2D eigenvalue weighted by atomic mass is 10.3. The molecule has 6 heteroatoms. The Hall–Kier alpha value is -1.50. The molecule has 0 aromatic heterocycles. The van der Waals surface area contributed by atoms with Crippen LogP contribution in [0.4, 0.5) is 5.69 Å². The van der Waals surface area contributed by atoms with Gasteiger partial charge in [0.2, 0.25) is 0 Å². The topological polar surface area (TPSA) is 23.6 Å². The Bertz CT molecular complexity index is 739. The maximum Gasteiger partial charge on any atom is 0.266 e. The number of fused-ring (bicyclic) bond motifs is 1. The Kier molecular flexibility index (Phi) is 4.94. The van der Waals surface area contributed by atoms with Crippen LogP contribution >= 0.6 is 35.7 Å². The number of thiocarbonyl (C=S) groups is 1. The molecular formula is C17H16N2OS3. The van der Waals surface area contributed by atoms with Crippen molar-refractivity contribution in [2.24, 2.45) is 0 Å². The third-order valence-electron chi connectivity index (χ3n) is 3.52. The van der Waals surface area contributed by atoms with Gasteiger partial charge in [-0.15, -0.1) is 6.58 Å². The fraction of sp³-hybridized carbons (Fsp3) is 0.176. The summed E-state index contributed by atoms with van der Waals surface area (Å²) in [4.78, 5) is 18.1. The van der Waals surface area contributed by atoms with Gasteiger partial charge in [-0.05, 0) is 31.2 Å². The third-order valence-corrected chi connectivity index (χ3v) is 6.04. The largest absolute Gasteiger partial charge is 0.335 e. The van der Waals surface area contributed by atoms with Gasteiger partial charge in [0.25, 0.3) is 5.91 Å². The monoisotopic (exact) mass is 360 g/mol. The molecule has 3 rings (SSSR count). The van der Waals surface area contributed by atoms with Crippen LogP contribution in [0, 0.1) is 0 Å². The number of rotatable bonds is 4. The highest BCUT2D eigenvalue weighted by Gasteiger charge is 2.31. The molecule has 0 unspecified atom stereocenters. The van der Waals surface area contributed by atoms with Crippen LogP contribution in [0.15, 0.2) is 63.9 Å². The van der Waals surface area contributed by atoms with E-state index in [0.717, 1.165) is 11.6 Å². The second-order valence-electron chi connectivity index (χ2n) is 4.92. The van der Waals surface area contributed by atoms with E-state index in [2.05, 4.69) is 30.5 Å². The van der Waals surface area contributed by atoms with Crippen LogP contribution in [0.25, 0.3) is 0 Å². The van der Waals surface area contributed by atoms with Crippen LogP contribution in [0.3, 0.4) is 0 Å². The zero-order valence-electron chi connectivity index (χ0n) is 12.7. The summed E-state index contributed by atoms with van der Waals surface area (Å²) in [6.45, 7) is 7.14. The molecule has 118 valence electrons. The predicted octanol–water partition coefficient (Wildman–Crippen LogP) is 4.39. The number of carbonyl (C=O) groups is 1. The number of carbonyl (C=O) groups excluding carboxylic acids is 1. The van der Waals surface area contributed by atoms with Crippen molar-refractivity contribution in [3.05, 3.63) is 59.0 Å². The maximum absolute atomic E-state index is 12.3. The standard InChI is InChI=1S/C17H16N2OS3/c1-3-11-19-16(20)14(23-17(19)21)9-10-15-18(4-2)12-7-5-6-8-13(12)22-15/h3,5-10H,1,4,11H2,2H3. The third kappa shape index (κ3) is 3.11. The van der Waals surface area contributed by atoms with Crippen molar-refractivity contribution in [3.63, 3.8) is 0 Å². The summed E-state index contributed by atoms with van der Waals surface area (Å²) in [6.07, 6.45) is 5.57. The summed E-state index contributed by atoms with van der Waals surface area (Å²) in [7, 11) is 0. The van der Waals surface area contributed by atoms with Gasteiger partial charge in [0.1, 0.15) is 4.32 Å². The zero-order chi connectivity index (χ0) is 16.4. The molecule has 0 saturated carbocycles. The van der Waals surface area contributed by atoms with Crippen LogP contribution in [0.5, 0.6) is 0 Å². The van der Waals surface area contributed by atoms with Gasteiger partial charge in [-0.1, -0.05) is 54.0 Å². The summed E-state index contributed by atoms with van der Waals surface area (Å²) in [5, 5.41) is 1.13. The first-order valence-corrected chi connectivity index (χ1v) is 9.30. The lowest BCUT2D eigenvalue weighted by molar-refractivity contribution is -0.121. The van der Waals surface area contributed by atoms with Crippen LogP contribution in [0.2, 0.25) is 0 Å². The fourth-order valence-electron chi connectivity index (χ4n) is 2.45. The molecular weight excluding hydrogens is 344 g/mol. The van der Waals surface area contributed by atoms with E-state index < -0.39 is 0 Å². The highest BCUT2D eigenvalue weighted by molar-refractivity contribution is 8.26. The average Bonchev–Trinajstić information content (AvgIpc) is 3.04. The molecule has 0 bridgehead atoms. The van der Waals surface area contributed by atoms with E-state index >= 15 is 0 Å². The molecule has 1 aromatic rings. The lowest BCUT2D eigenvalue weighted by Crippen LogP contribution is -2.27. The van der Waals surface area contributed by atoms with Crippen LogP contribution in [-0.2, 0) is 4.79 Å². The van der Waals surface area contributed by atoms with Crippen molar-refractivity contribution in [1.29, 1.82) is 0 Å². The Morgan fingerprint density at radius 1 is 1.22 bits per heavy atom. The van der Waals surface area contributed by atoms with Gasteiger partial charge in [0, 0.05) is 18.0 Å². The quantitative estimate of drug-likeness (QED) is 0.450. The van der Waals surface area contributed by atoms with Crippen molar-refractivity contribution in [2.75, 3.05) is 18.0 Å². The van der Waals surface area contributed by atoms with Crippen molar-refractivity contribution < 1.29 is 4.79 Å². The Balaban J connectivity index is 1.85. The number of nitrogens with zero attached hydrogens (tertiary/aromatic N) is 2. The van der Waals surface area contributed by atoms with Crippen LogP contribution < -0.4 is 4.90 Å². The molecule has 2 aliphatic rings. The maximum atomic E-state index is 12.3. The molecule has 0 spiro atoms. The van der Waals surface area contributed by atoms with Crippen molar-refractivity contribution >= 4 is 51.7 Å². The van der Waals surface area contributed by atoms with Gasteiger partial charge < -0.3 is 4.90 Å². The molecule has 2 aliphatic heterocycles. The van der Waals surface area contributed by atoms with Gasteiger partial charge in [-0.3, -0.25) is 9.69 Å². The molecule has 0 radical (unpaired) electrons. The van der Waals surface area contributed by atoms with Gasteiger partial charge in [-0.25, -0.2) is 0 Å². The number of thioether (sulfide) groups is 2. The minimum absolute atomic E-state index is 0.0414. The Labute approximate surface area is 150 Å². The summed E-state index contributed by atoms with van der Waals surface area (Å²) >= 11 is 8.33. The first kappa shape index (κ1) is 16.4. The summed E-state index contributed by atoms with van der Waals surface area (Å²) in [5.74, 6) is -0.0414. The van der Waals surface area contributed by atoms with Crippen molar-refractivity contribution in [2.45, 2.75) is 11.8 Å². The highest BCUT2D eigenvalue weighted by Crippen LogP contribution is 2.45. The van der Waals surface area contributed by atoms with Gasteiger partial charge in [0.15, 0.2) is 0 Å². The van der Waals surface area contributed by atoms with E-state index in [1.807, 2.05) is 24.3 Å². The fourth-order valence-corrected chi connectivity index (χ4v) is 4.80. The van der Waals surface area contributed by atoms with E-state index in [1.54, 1.807) is 22.7 Å². The van der Waals surface area contributed by atoms with Crippen molar-refractivity contribution in [3.8, 4) is 0 Å². The SMILES string of the molecule is C=CCN1C(=O)C(=CC=C2Sc3ccccc3N2CC)SC1=S. The number of benzene rings is 1. The molecule has 23 heavy (non-hydrogen) atoms. The molecule has 0 atom stereocenters. The zero-order valence-corrected chi connectivity index (χ0v) is 15.1. The average molecular weight is 361 g/mol. The first-order valence-electron chi connectivity index (χ1n) is 7.26. The minimum Gasteiger partial charge on any atom is -0.335 e. The van der Waals surface area contributed by atoms with Crippen molar-refractivity contribution in [1.82, 2.24) is 4.90 Å². The number of para-hydroxylation sites is 1. The van der Waals surface area contributed by atoms with Crippen LogP contribution in [-0.4, -0.2) is 28.2 Å². The lowest BCUT2D eigenvalue weighted by Gasteiger charge is -2.17. The van der Waals surface area contributed by atoms with Gasteiger partial charge >= 0.3 is 0 Å². The number of hydrogen-bond acceptors (Lipinski definition) is 5. The first-order chi connectivity index (χ1) is 11.2. The summed E-state index contributed by atoms with van der Waals surface area (Å²) < 4.78 is 0.592. The molecule has 1 saturated heterocycles. The molecule has 3 nitrogen and oxygen atoms in total. The van der Waals surface area contributed by atoms with E-state index in [9.17, 15) is 4.79 Å². The minimum atomic E-state index is -0.0414. The molecule has 0 N–H and O–H groups in total. The molecule has 2 heterocycles. The molecule has 1 aromatic carbocycles. The van der Waals surface area contributed by atoms with E-state index in [4.69, 9.17) is 12.2 Å². The highest BCUT2D eigenvalue weighted by atomic mass is 32.2. The molecule has 0 aliphatic carbocycles. The Morgan fingerprint density at radius 3 is 2.74 bits per heavy atom. The summed E-state index contributed by atoms with van der Waals surface area (Å²) in [5.41, 5.74) is 1.22. The predicted molar refractivity (Wildman–Crippen MR) is 104 cm³/mol. The van der Waals surface area contributed by atoms with Gasteiger partial charge in [0.05, 0.1) is 15.6 Å². The number of hydrogen-bond donors (Lipinski definition) is 0. The summed E-state index contributed by atoms with van der Waals surface area (Å²) in [6, 6.07) is 8.33. The smallest absolute Gasteiger partial charge is 0.266 e. The molecule has 1 fully saturated rings.